The number of hydrogen-bond acceptors (Lipinski definition) is 5. The van der Waals surface area contributed by atoms with Crippen LogP contribution in [0, 0.1) is 5.92 Å². The quantitative estimate of drug-likeness (QED) is 0.747. The van der Waals surface area contributed by atoms with E-state index in [0.29, 0.717) is 5.92 Å². The molecule has 3 rings (SSSR count). The van der Waals surface area contributed by atoms with Crippen LogP contribution in [0.3, 0.4) is 0 Å². The summed E-state index contributed by atoms with van der Waals surface area (Å²) in [5.41, 5.74) is 0.983. The van der Waals surface area contributed by atoms with E-state index < -0.39 is 18.4 Å². The minimum Gasteiger partial charge on any atom is -0.507 e. The number of rotatable bonds is 5. The molecule has 1 saturated carbocycles. The number of hydrogen-bond donors (Lipinski definition) is 3. The summed E-state index contributed by atoms with van der Waals surface area (Å²) in [6, 6.07) is 1.52. The third-order valence-electron chi connectivity index (χ3n) is 4.20. The maximum absolute atomic E-state index is 12.1. The first kappa shape index (κ1) is 18.0. The Hall–Kier alpha value is -2.35. The summed E-state index contributed by atoms with van der Waals surface area (Å²) in [7, 11) is 0. The van der Waals surface area contributed by atoms with Crippen LogP contribution >= 0.6 is 12.4 Å². The van der Waals surface area contributed by atoms with E-state index in [9.17, 15) is 14.7 Å². The van der Waals surface area contributed by atoms with Gasteiger partial charge in [-0.1, -0.05) is 25.7 Å². The van der Waals surface area contributed by atoms with Crippen LogP contribution in [0.1, 0.15) is 41.7 Å². The van der Waals surface area contributed by atoms with Crippen LogP contribution in [0.25, 0.3) is 5.65 Å². The maximum atomic E-state index is 12.1. The van der Waals surface area contributed by atoms with Crippen molar-refractivity contribution in [1.29, 1.82) is 0 Å². The van der Waals surface area contributed by atoms with Crippen molar-refractivity contribution in [2.24, 2.45) is 5.92 Å². The van der Waals surface area contributed by atoms with Crippen molar-refractivity contribution in [3.05, 3.63) is 23.7 Å². The highest BCUT2D eigenvalue weighted by Crippen LogP contribution is 2.30. The van der Waals surface area contributed by atoms with Crippen molar-refractivity contribution in [2.75, 3.05) is 6.54 Å². The third-order valence-corrected chi connectivity index (χ3v) is 4.20. The molecule has 0 aromatic carbocycles. The Morgan fingerprint density at radius 1 is 1.33 bits per heavy atom. The lowest BCUT2D eigenvalue weighted by Gasteiger charge is -2.13. The molecule has 2 aromatic rings. The molecule has 0 aliphatic heterocycles. The normalized spacial score (nSPS) is 14.5. The molecule has 24 heavy (non-hydrogen) atoms. The zero-order chi connectivity index (χ0) is 16.4. The van der Waals surface area contributed by atoms with E-state index in [1.807, 2.05) is 0 Å². The number of nitrogens with one attached hydrogen (secondary N) is 1. The maximum Gasteiger partial charge on any atom is 0.322 e. The standard InChI is InChI=1S/C15H18N4O4.ClH/c20-11-6-10(5-9-3-1-2-4-9)19-14(17-8-18-19)13(11)15(23)16-7-12(21)22;/h6,8-9,20H,1-5,7H2,(H,16,23)(H,21,22);1H. The van der Waals surface area contributed by atoms with Gasteiger partial charge in [-0.2, -0.15) is 5.10 Å². The summed E-state index contributed by atoms with van der Waals surface area (Å²) < 4.78 is 1.55. The third kappa shape index (κ3) is 3.59. The van der Waals surface area contributed by atoms with Crippen molar-refractivity contribution in [1.82, 2.24) is 19.9 Å². The number of halogens is 1. The van der Waals surface area contributed by atoms with E-state index in [1.54, 1.807) is 4.52 Å². The molecule has 1 fully saturated rings. The number of carbonyl (C=O) groups is 2. The van der Waals surface area contributed by atoms with E-state index in [2.05, 4.69) is 15.4 Å². The first-order valence-corrected chi connectivity index (χ1v) is 7.61. The molecule has 0 radical (unpaired) electrons. The van der Waals surface area contributed by atoms with Gasteiger partial charge in [0.05, 0.1) is 0 Å². The number of aromatic nitrogens is 3. The number of carboxylic acids is 1. The van der Waals surface area contributed by atoms with Crippen LogP contribution in [0.15, 0.2) is 12.4 Å². The highest BCUT2D eigenvalue weighted by Gasteiger charge is 2.23. The molecule has 0 saturated heterocycles. The molecule has 0 unspecified atom stereocenters. The number of nitrogens with zero attached hydrogens (tertiary/aromatic N) is 3. The molecule has 1 amide bonds. The highest BCUT2D eigenvalue weighted by molar-refractivity contribution is 6.03. The number of fused-ring (bicyclic) bond motifs is 1. The zero-order valence-electron chi connectivity index (χ0n) is 12.9. The summed E-state index contributed by atoms with van der Waals surface area (Å²) >= 11 is 0. The largest absolute Gasteiger partial charge is 0.507 e. The van der Waals surface area contributed by atoms with Crippen molar-refractivity contribution in [3.8, 4) is 5.75 Å². The Kier molecular flexibility index (Phi) is 5.61. The van der Waals surface area contributed by atoms with Gasteiger partial charge < -0.3 is 15.5 Å². The summed E-state index contributed by atoms with van der Waals surface area (Å²) in [5, 5.41) is 25.2. The van der Waals surface area contributed by atoms with Gasteiger partial charge in [0.1, 0.15) is 24.2 Å². The predicted molar refractivity (Wildman–Crippen MR) is 87.5 cm³/mol. The summed E-state index contributed by atoms with van der Waals surface area (Å²) in [4.78, 5) is 26.7. The minimum absolute atomic E-state index is 0. The SMILES string of the molecule is Cl.O=C(O)CNC(=O)c1c(O)cc(CC2CCCC2)n2ncnc12. The Morgan fingerprint density at radius 2 is 2.04 bits per heavy atom. The van der Waals surface area contributed by atoms with Crippen LogP contribution in [0.4, 0.5) is 0 Å². The molecule has 2 aromatic heterocycles. The number of carbonyl (C=O) groups excluding carboxylic acids is 1. The minimum atomic E-state index is -1.16. The number of aromatic hydroxyl groups is 1. The van der Waals surface area contributed by atoms with E-state index in [0.717, 1.165) is 25.0 Å². The fourth-order valence-electron chi connectivity index (χ4n) is 3.15. The highest BCUT2D eigenvalue weighted by atomic mass is 35.5. The van der Waals surface area contributed by atoms with Crippen LogP contribution in [-0.4, -0.2) is 43.2 Å². The molecule has 9 heteroatoms. The van der Waals surface area contributed by atoms with Gasteiger partial charge in [-0.25, -0.2) is 9.50 Å². The smallest absolute Gasteiger partial charge is 0.322 e. The second kappa shape index (κ2) is 7.48. The molecule has 130 valence electrons. The van der Waals surface area contributed by atoms with E-state index >= 15 is 0 Å². The lowest BCUT2D eigenvalue weighted by Crippen LogP contribution is -2.30. The van der Waals surface area contributed by atoms with Gasteiger partial charge >= 0.3 is 5.97 Å². The van der Waals surface area contributed by atoms with Crippen molar-refractivity contribution < 1.29 is 19.8 Å². The summed E-state index contributed by atoms with van der Waals surface area (Å²) in [6.07, 6.45) is 6.82. The second-order valence-electron chi connectivity index (χ2n) is 5.82. The Morgan fingerprint density at radius 3 is 2.71 bits per heavy atom. The number of amides is 1. The Balaban J connectivity index is 0.00000208. The first-order chi connectivity index (χ1) is 11.1. The van der Waals surface area contributed by atoms with Gasteiger partial charge in [0.25, 0.3) is 5.91 Å². The van der Waals surface area contributed by atoms with Crippen LogP contribution in [-0.2, 0) is 11.2 Å². The molecule has 2 heterocycles. The van der Waals surface area contributed by atoms with Gasteiger partial charge in [-0.3, -0.25) is 9.59 Å². The zero-order valence-corrected chi connectivity index (χ0v) is 13.8. The molecule has 0 bridgehead atoms. The van der Waals surface area contributed by atoms with E-state index in [4.69, 9.17) is 5.11 Å². The molecule has 1 aliphatic carbocycles. The summed E-state index contributed by atoms with van der Waals surface area (Å²) in [6.45, 7) is -0.525. The van der Waals surface area contributed by atoms with Crippen molar-refractivity contribution in [3.63, 3.8) is 0 Å². The van der Waals surface area contributed by atoms with E-state index in [-0.39, 0.29) is 29.4 Å². The monoisotopic (exact) mass is 354 g/mol. The van der Waals surface area contributed by atoms with Crippen molar-refractivity contribution in [2.45, 2.75) is 32.1 Å². The van der Waals surface area contributed by atoms with Gasteiger partial charge in [0, 0.05) is 11.8 Å². The van der Waals surface area contributed by atoms with Gasteiger partial charge in [0.15, 0.2) is 5.65 Å². The fraction of sp³-hybridized carbons (Fsp3) is 0.467. The molecule has 0 atom stereocenters. The number of carboxylic acid groups (broad SMARTS) is 1. The fourth-order valence-corrected chi connectivity index (χ4v) is 3.15. The van der Waals surface area contributed by atoms with Crippen molar-refractivity contribution >= 4 is 29.9 Å². The van der Waals surface area contributed by atoms with Crippen LogP contribution in [0.5, 0.6) is 5.75 Å². The van der Waals surface area contributed by atoms with Crippen LogP contribution < -0.4 is 5.32 Å². The molecular weight excluding hydrogens is 336 g/mol. The second-order valence-corrected chi connectivity index (χ2v) is 5.82. The molecule has 1 aliphatic rings. The topological polar surface area (TPSA) is 117 Å². The number of pyridine rings is 1. The predicted octanol–water partition coefficient (Wildman–Crippen LogP) is 1.40. The average molecular weight is 355 g/mol. The van der Waals surface area contributed by atoms with Gasteiger partial charge in [-0.05, 0) is 12.3 Å². The molecule has 3 N–H and O–H groups in total. The van der Waals surface area contributed by atoms with Gasteiger partial charge in [0.2, 0.25) is 0 Å². The lowest BCUT2D eigenvalue weighted by molar-refractivity contribution is -0.135. The van der Waals surface area contributed by atoms with Crippen LogP contribution in [0.2, 0.25) is 0 Å². The van der Waals surface area contributed by atoms with Gasteiger partial charge in [-0.15, -0.1) is 12.4 Å². The lowest BCUT2D eigenvalue weighted by atomic mass is 10.0. The first-order valence-electron chi connectivity index (χ1n) is 7.61. The summed E-state index contributed by atoms with van der Waals surface area (Å²) in [5.74, 6) is -1.50. The average Bonchev–Trinajstić information content (AvgIpc) is 3.16. The Labute approximate surface area is 144 Å². The molecule has 8 nitrogen and oxygen atoms in total. The molecular formula is C15H19ClN4O4. The molecule has 0 spiro atoms. The Bertz CT molecular complexity index is 755. The van der Waals surface area contributed by atoms with E-state index in [1.165, 1.54) is 25.2 Å². The number of aliphatic carboxylic acids is 1.